The molecule has 1 rings (SSSR count). The Labute approximate surface area is 144 Å². The van der Waals surface area contributed by atoms with E-state index in [0.717, 1.165) is 0 Å². The molecule has 0 atom stereocenters. The smallest absolute Gasteiger partial charge is 0.341 e. The minimum Gasteiger partial charge on any atom is -0.480 e. The first-order valence-electron chi connectivity index (χ1n) is 7.55. The van der Waals surface area contributed by atoms with Gasteiger partial charge in [0.1, 0.15) is 5.75 Å². The van der Waals surface area contributed by atoms with E-state index in [1.54, 1.807) is 18.2 Å². The summed E-state index contributed by atoms with van der Waals surface area (Å²) in [5, 5.41) is 12.6. The Balaban J connectivity index is 2.60. The van der Waals surface area contributed by atoms with E-state index in [9.17, 15) is 4.79 Å². The summed E-state index contributed by atoms with van der Waals surface area (Å²) in [6.45, 7) is 11.8. The van der Waals surface area contributed by atoms with Gasteiger partial charge in [-0.3, -0.25) is 0 Å². The number of carboxylic acids is 1. The zero-order valence-electron chi connectivity index (χ0n) is 14.4. The van der Waals surface area contributed by atoms with Crippen molar-refractivity contribution < 1.29 is 19.1 Å². The molecule has 23 heavy (non-hydrogen) atoms. The molecule has 1 aromatic carbocycles. The number of halogens is 1. The Morgan fingerprint density at radius 3 is 2.57 bits per heavy atom. The van der Waals surface area contributed by atoms with E-state index in [1.807, 2.05) is 0 Å². The number of nitrogens with one attached hydrogen (secondary N) is 1. The van der Waals surface area contributed by atoms with Gasteiger partial charge in [0.05, 0.1) is 12.3 Å². The number of rotatable bonds is 8. The SMILES string of the molecule is CC(C)(C)[Si](C)(C)OCCNc1cc(Cl)ccc1OCC(=O)O. The van der Waals surface area contributed by atoms with E-state index in [2.05, 4.69) is 39.2 Å². The van der Waals surface area contributed by atoms with Gasteiger partial charge in [0, 0.05) is 11.6 Å². The van der Waals surface area contributed by atoms with E-state index in [4.69, 9.17) is 25.9 Å². The zero-order chi connectivity index (χ0) is 17.7. The Kier molecular flexibility index (Phi) is 6.92. The second-order valence-electron chi connectivity index (χ2n) is 6.86. The van der Waals surface area contributed by atoms with Gasteiger partial charge in [-0.2, -0.15) is 0 Å². The highest BCUT2D eigenvalue weighted by molar-refractivity contribution is 6.74. The third-order valence-electron chi connectivity index (χ3n) is 3.98. The molecule has 5 nitrogen and oxygen atoms in total. The van der Waals surface area contributed by atoms with Gasteiger partial charge in [-0.15, -0.1) is 0 Å². The lowest BCUT2D eigenvalue weighted by Crippen LogP contribution is -2.41. The van der Waals surface area contributed by atoms with Crippen molar-refractivity contribution in [2.75, 3.05) is 25.1 Å². The number of anilines is 1. The fourth-order valence-corrected chi connectivity index (χ4v) is 2.83. The van der Waals surface area contributed by atoms with E-state index < -0.39 is 20.9 Å². The third-order valence-corrected chi connectivity index (χ3v) is 8.75. The molecule has 0 aromatic heterocycles. The first-order chi connectivity index (χ1) is 10.5. The number of aliphatic carboxylic acids is 1. The molecule has 0 saturated carbocycles. The van der Waals surface area contributed by atoms with Crippen molar-refractivity contribution in [3.05, 3.63) is 23.2 Å². The summed E-state index contributed by atoms with van der Waals surface area (Å²) in [5.41, 5.74) is 0.664. The molecule has 0 radical (unpaired) electrons. The van der Waals surface area contributed by atoms with Crippen LogP contribution in [0.15, 0.2) is 18.2 Å². The van der Waals surface area contributed by atoms with Crippen LogP contribution in [0.2, 0.25) is 23.2 Å². The van der Waals surface area contributed by atoms with Crippen LogP contribution in [0.5, 0.6) is 5.75 Å². The van der Waals surface area contributed by atoms with Crippen molar-refractivity contribution in [1.82, 2.24) is 0 Å². The third kappa shape index (κ3) is 6.41. The first-order valence-corrected chi connectivity index (χ1v) is 10.8. The monoisotopic (exact) mass is 359 g/mol. The highest BCUT2D eigenvalue weighted by atomic mass is 35.5. The van der Waals surface area contributed by atoms with Gasteiger partial charge < -0.3 is 19.6 Å². The second kappa shape index (κ2) is 8.03. The van der Waals surface area contributed by atoms with Crippen LogP contribution in [0.3, 0.4) is 0 Å². The highest BCUT2D eigenvalue weighted by Crippen LogP contribution is 2.36. The van der Waals surface area contributed by atoms with Crippen molar-refractivity contribution in [2.45, 2.75) is 38.9 Å². The Bertz CT molecular complexity index is 543. The maximum atomic E-state index is 10.6. The molecule has 0 saturated heterocycles. The summed E-state index contributed by atoms with van der Waals surface area (Å²) in [4.78, 5) is 10.6. The molecule has 0 aliphatic heterocycles. The largest absolute Gasteiger partial charge is 0.480 e. The summed E-state index contributed by atoms with van der Waals surface area (Å²) >= 11 is 5.99. The number of carboxylic acid groups (broad SMARTS) is 1. The van der Waals surface area contributed by atoms with Crippen LogP contribution >= 0.6 is 11.6 Å². The number of ether oxygens (including phenoxy) is 1. The summed E-state index contributed by atoms with van der Waals surface area (Å²) in [5.74, 6) is -0.559. The van der Waals surface area contributed by atoms with Crippen molar-refractivity contribution in [3.8, 4) is 5.75 Å². The minimum atomic E-state index is -1.77. The lowest BCUT2D eigenvalue weighted by atomic mass is 10.2. The van der Waals surface area contributed by atoms with Crippen molar-refractivity contribution >= 4 is 31.6 Å². The fourth-order valence-electron chi connectivity index (χ4n) is 1.61. The number of hydrogen-bond donors (Lipinski definition) is 2. The van der Waals surface area contributed by atoms with Crippen LogP contribution in [-0.2, 0) is 9.22 Å². The van der Waals surface area contributed by atoms with Crippen molar-refractivity contribution in [3.63, 3.8) is 0 Å². The van der Waals surface area contributed by atoms with E-state index in [0.29, 0.717) is 29.6 Å². The highest BCUT2D eigenvalue weighted by Gasteiger charge is 2.36. The maximum absolute atomic E-state index is 10.6. The average Bonchev–Trinajstić information content (AvgIpc) is 2.41. The van der Waals surface area contributed by atoms with E-state index in [1.165, 1.54) is 0 Å². The summed E-state index contributed by atoms with van der Waals surface area (Å²) in [6, 6.07) is 5.03. The van der Waals surface area contributed by atoms with E-state index in [-0.39, 0.29) is 5.04 Å². The summed E-state index contributed by atoms with van der Waals surface area (Å²) in [6.07, 6.45) is 0. The molecule has 0 fully saturated rings. The van der Waals surface area contributed by atoms with Gasteiger partial charge in [0.15, 0.2) is 14.9 Å². The van der Waals surface area contributed by atoms with Gasteiger partial charge >= 0.3 is 5.97 Å². The number of hydrogen-bond acceptors (Lipinski definition) is 4. The molecule has 0 bridgehead atoms. The first kappa shape index (κ1) is 19.8. The van der Waals surface area contributed by atoms with E-state index >= 15 is 0 Å². The number of benzene rings is 1. The molecule has 7 heteroatoms. The molecular weight excluding hydrogens is 334 g/mol. The van der Waals surface area contributed by atoms with Crippen LogP contribution in [0.4, 0.5) is 5.69 Å². The second-order valence-corrected chi connectivity index (χ2v) is 12.1. The van der Waals surface area contributed by atoms with Gasteiger partial charge in [-0.1, -0.05) is 32.4 Å². The van der Waals surface area contributed by atoms with Crippen LogP contribution in [-0.4, -0.2) is 39.2 Å². The van der Waals surface area contributed by atoms with Crippen LogP contribution in [0.25, 0.3) is 0 Å². The summed E-state index contributed by atoms with van der Waals surface area (Å²) in [7, 11) is -1.77. The van der Waals surface area contributed by atoms with Gasteiger partial charge in [0.2, 0.25) is 0 Å². The topological polar surface area (TPSA) is 67.8 Å². The van der Waals surface area contributed by atoms with Gasteiger partial charge in [0.25, 0.3) is 0 Å². The van der Waals surface area contributed by atoms with Crippen LogP contribution in [0, 0.1) is 0 Å². The maximum Gasteiger partial charge on any atom is 0.341 e. The van der Waals surface area contributed by atoms with Crippen molar-refractivity contribution in [1.29, 1.82) is 0 Å². The lowest BCUT2D eigenvalue weighted by molar-refractivity contribution is -0.139. The Morgan fingerprint density at radius 1 is 1.35 bits per heavy atom. The molecule has 0 spiro atoms. The fraction of sp³-hybridized carbons (Fsp3) is 0.562. The molecule has 0 unspecified atom stereocenters. The van der Waals surface area contributed by atoms with Gasteiger partial charge in [-0.25, -0.2) is 4.79 Å². The standard InChI is InChI=1S/C16H26ClNO4Si/c1-16(2,3)23(4,5)22-9-8-18-13-10-12(17)6-7-14(13)21-11-15(19)20/h6-7,10,18H,8-9,11H2,1-5H3,(H,19,20). The van der Waals surface area contributed by atoms with Crippen LogP contribution in [0.1, 0.15) is 20.8 Å². The molecule has 1 aromatic rings. The van der Waals surface area contributed by atoms with Crippen molar-refractivity contribution in [2.24, 2.45) is 0 Å². The quantitative estimate of drug-likeness (QED) is 0.536. The zero-order valence-corrected chi connectivity index (χ0v) is 16.2. The van der Waals surface area contributed by atoms with Gasteiger partial charge in [-0.05, 0) is 36.3 Å². The molecular formula is C16H26ClNO4Si. The molecule has 0 amide bonds. The average molecular weight is 360 g/mol. The lowest BCUT2D eigenvalue weighted by Gasteiger charge is -2.36. The van der Waals surface area contributed by atoms with Crippen LogP contribution < -0.4 is 10.1 Å². The Morgan fingerprint density at radius 2 is 2.00 bits per heavy atom. The molecule has 2 N–H and O–H groups in total. The molecule has 130 valence electrons. The Hall–Kier alpha value is -1.24. The minimum absolute atomic E-state index is 0.165. The predicted octanol–water partition coefficient (Wildman–Crippen LogP) is 4.24. The summed E-state index contributed by atoms with van der Waals surface area (Å²) < 4.78 is 11.3. The molecule has 0 heterocycles. The normalized spacial score (nSPS) is 12.1. The molecule has 0 aliphatic carbocycles. The predicted molar refractivity (Wildman–Crippen MR) is 96.2 cm³/mol. The number of carbonyl (C=O) groups is 1. The molecule has 0 aliphatic rings.